The van der Waals surface area contributed by atoms with Crippen LogP contribution < -0.4 is 10.2 Å². The Morgan fingerprint density at radius 1 is 1.10 bits per heavy atom. The molecule has 3 heterocycles. The number of nitrogens with one attached hydrogen (secondary N) is 1. The van der Waals surface area contributed by atoms with E-state index in [1.807, 2.05) is 32.9 Å². The molecule has 1 atom stereocenters. The van der Waals surface area contributed by atoms with Gasteiger partial charge in [0.15, 0.2) is 11.6 Å². The number of aliphatic hydroxyl groups is 2. The lowest BCUT2D eigenvalue weighted by atomic mass is 9.98. The van der Waals surface area contributed by atoms with Crippen LogP contribution in [-0.2, 0) is 6.54 Å². The number of pyridine rings is 1. The van der Waals surface area contributed by atoms with E-state index in [0.29, 0.717) is 66.7 Å². The van der Waals surface area contributed by atoms with Crippen LogP contribution in [0.4, 0.5) is 20.4 Å². The van der Waals surface area contributed by atoms with Crippen molar-refractivity contribution in [3.8, 4) is 0 Å². The van der Waals surface area contributed by atoms with Crippen LogP contribution in [0.2, 0.25) is 0 Å². The van der Waals surface area contributed by atoms with E-state index in [0.717, 1.165) is 18.2 Å². The molecular weight excluding hydrogens is 526 g/mol. The van der Waals surface area contributed by atoms with Gasteiger partial charge in [0.05, 0.1) is 23.0 Å². The van der Waals surface area contributed by atoms with Gasteiger partial charge in [-0.25, -0.2) is 18.7 Å². The second-order valence-corrected chi connectivity index (χ2v) is 10.2. The summed E-state index contributed by atoms with van der Waals surface area (Å²) in [6, 6.07) is 5.34. The van der Waals surface area contributed by atoms with Gasteiger partial charge in [-0.2, -0.15) is 0 Å². The summed E-state index contributed by atoms with van der Waals surface area (Å²) in [6.07, 6.45) is 7.18. The molecule has 3 N–H and O–H groups in total. The highest BCUT2D eigenvalue weighted by Crippen LogP contribution is 2.30. The van der Waals surface area contributed by atoms with Gasteiger partial charge in [0.2, 0.25) is 0 Å². The zero-order chi connectivity index (χ0) is 30.2. The third kappa shape index (κ3) is 8.28. The van der Waals surface area contributed by atoms with Crippen molar-refractivity contribution in [1.82, 2.24) is 19.9 Å². The summed E-state index contributed by atoms with van der Waals surface area (Å²) in [5.41, 5.74) is 1.39. The maximum Gasteiger partial charge on any atom is 0.174 e. The van der Waals surface area contributed by atoms with Crippen molar-refractivity contribution in [2.24, 2.45) is 0 Å². The predicted molar refractivity (Wildman–Crippen MR) is 161 cm³/mol. The number of anilines is 2. The SMILES string of the molecule is C/C=C\C(=C/CC)Nc1nc2cnc(C(O)C(C)(C)O)cc2nc1N1CCN(Cc2ccc(F)cc2F)CC1.CC. The summed E-state index contributed by atoms with van der Waals surface area (Å²) < 4.78 is 27.5. The molecular formula is C31H42F2N6O2. The quantitative estimate of drug-likeness (QED) is 0.281. The average molecular weight is 569 g/mol. The van der Waals surface area contributed by atoms with E-state index in [1.165, 1.54) is 26.0 Å². The number of benzene rings is 1. The Labute approximate surface area is 241 Å². The first-order chi connectivity index (χ1) is 19.6. The maximum absolute atomic E-state index is 14.2. The largest absolute Gasteiger partial charge is 0.387 e. The van der Waals surface area contributed by atoms with Gasteiger partial charge in [0, 0.05) is 50.1 Å². The molecule has 0 bridgehead atoms. The molecule has 1 aliphatic heterocycles. The van der Waals surface area contributed by atoms with E-state index < -0.39 is 23.3 Å². The number of hydrogen-bond acceptors (Lipinski definition) is 8. The molecule has 1 aliphatic rings. The summed E-state index contributed by atoms with van der Waals surface area (Å²) in [6.45, 7) is 14.0. The van der Waals surface area contributed by atoms with Crippen LogP contribution in [0.5, 0.6) is 0 Å². The monoisotopic (exact) mass is 568 g/mol. The first-order valence-electron chi connectivity index (χ1n) is 14.2. The van der Waals surface area contributed by atoms with Crippen LogP contribution in [0.25, 0.3) is 11.0 Å². The summed E-state index contributed by atoms with van der Waals surface area (Å²) in [5.74, 6) is 0.104. The lowest BCUT2D eigenvalue weighted by molar-refractivity contribution is -0.0516. The minimum absolute atomic E-state index is 0.308. The summed E-state index contributed by atoms with van der Waals surface area (Å²) >= 11 is 0. The van der Waals surface area contributed by atoms with E-state index >= 15 is 0 Å². The minimum atomic E-state index is -1.37. The van der Waals surface area contributed by atoms with Crippen LogP contribution in [0.3, 0.4) is 0 Å². The molecule has 4 rings (SSSR count). The highest BCUT2D eigenvalue weighted by atomic mass is 19.1. The van der Waals surface area contributed by atoms with Gasteiger partial charge in [-0.05, 0) is 45.4 Å². The van der Waals surface area contributed by atoms with Gasteiger partial charge < -0.3 is 20.4 Å². The molecule has 41 heavy (non-hydrogen) atoms. The first kappa shape index (κ1) is 32.0. The number of hydrogen-bond donors (Lipinski definition) is 3. The van der Waals surface area contributed by atoms with E-state index in [-0.39, 0.29) is 0 Å². The summed E-state index contributed by atoms with van der Waals surface area (Å²) in [4.78, 5) is 18.3. The van der Waals surface area contributed by atoms with E-state index in [2.05, 4.69) is 33.1 Å². The molecule has 1 saturated heterocycles. The number of halogens is 2. The molecule has 8 nitrogen and oxygen atoms in total. The lowest BCUT2D eigenvalue weighted by Gasteiger charge is -2.36. The third-order valence-corrected chi connectivity index (χ3v) is 6.62. The zero-order valence-electron chi connectivity index (χ0n) is 24.8. The molecule has 1 unspecified atom stereocenters. The van der Waals surface area contributed by atoms with Crippen LogP contribution in [0.15, 0.2) is 54.4 Å². The molecule has 0 spiro atoms. The molecule has 0 aliphatic carbocycles. The molecule has 1 fully saturated rings. The number of aliphatic hydroxyl groups excluding tert-OH is 1. The van der Waals surface area contributed by atoms with Crippen LogP contribution in [-0.4, -0.2) is 61.8 Å². The predicted octanol–water partition coefficient (Wildman–Crippen LogP) is 5.74. The fourth-order valence-corrected chi connectivity index (χ4v) is 4.49. The van der Waals surface area contributed by atoms with Crippen LogP contribution in [0.1, 0.15) is 65.3 Å². The molecule has 222 valence electrons. The van der Waals surface area contributed by atoms with Gasteiger partial charge in [-0.3, -0.25) is 9.88 Å². The molecule has 3 aromatic rings. The topological polar surface area (TPSA) is 97.6 Å². The number of aromatic nitrogens is 3. The summed E-state index contributed by atoms with van der Waals surface area (Å²) in [7, 11) is 0. The summed E-state index contributed by atoms with van der Waals surface area (Å²) in [5, 5.41) is 24.2. The van der Waals surface area contributed by atoms with Crippen molar-refractivity contribution in [3.05, 3.63) is 77.3 Å². The third-order valence-electron chi connectivity index (χ3n) is 6.62. The highest BCUT2D eigenvalue weighted by molar-refractivity contribution is 5.81. The molecule has 0 saturated carbocycles. The number of rotatable bonds is 9. The van der Waals surface area contributed by atoms with Gasteiger partial charge in [-0.15, -0.1) is 0 Å². The molecule has 1 aromatic carbocycles. The van der Waals surface area contributed by atoms with Crippen molar-refractivity contribution < 1.29 is 19.0 Å². The van der Waals surface area contributed by atoms with Crippen LogP contribution in [0, 0.1) is 11.6 Å². The van der Waals surface area contributed by atoms with Crippen molar-refractivity contribution in [1.29, 1.82) is 0 Å². The van der Waals surface area contributed by atoms with Crippen molar-refractivity contribution in [3.63, 3.8) is 0 Å². The van der Waals surface area contributed by atoms with E-state index in [1.54, 1.807) is 12.3 Å². The second-order valence-electron chi connectivity index (χ2n) is 10.2. The Balaban J connectivity index is 0.00000226. The Morgan fingerprint density at radius 3 is 2.41 bits per heavy atom. The first-order valence-corrected chi connectivity index (χ1v) is 14.2. The van der Waals surface area contributed by atoms with Crippen molar-refractivity contribution in [2.45, 2.75) is 66.2 Å². The van der Waals surface area contributed by atoms with E-state index in [4.69, 9.17) is 9.97 Å². The molecule has 10 heteroatoms. The Hall–Kier alpha value is -3.47. The van der Waals surface area contributed by atoms with Crippen LogP contribution >= 0.6 is 0 Å². The second kappa shape index (κ2) is 14.4. The van der Waals surface area contributed by atoms with Gasteiger partial charge in [0.25, 0.3) is 0 Å². The lowest BCUT2D eigenvalue weighted by Crippen LogP contribution is -2.46. The average Bonchev–Trinajstić information content (AvgIpc) is 2.95. The highest BCUT2D eigenvalue weighted by Gasteiger charge is 2.28. The molecule has 0 radical (unpaired) electrons. The number of nitrogens with zero attached hydrogens (tertiary/aromatic N) is 5. The number of fused-ring (bicyclic) bond motifs is 1. The van der Waals surface area contributed by atoms with Crippen molar-refractivity contribution in [2.75, 3.05) is 36.4 Å². The number of allylic oxidation sites excluding steroid dienone is 3. The maximum atomic E-state index is 14.2. The molecule has 2 aromatic heterocycles. The fourth-order valence-electron chi connectivity index (χ4n) is 4.49. The minimum Gasteiger partial charge on any atom is -0.387 e. The van der Waals surface area contributed by atoms with Gasteiger partial charge in [0.1, 0.15) is 23.3 Å². The van der Waals surface area contributed by atoms with Gasteiger partial charge in [-0.1, -0.05) is 39.0 Å². The normalized spacial score (nSPS) is 15.7. The fraction of sp³-hybridized carbons (Fsp3) is 0.452. The standard InChI is InChI=1S/C29H36F2N6O2.C2H6/c1-5-7-21(8-6-2)33-27-28(35-23-16-24(26(38)29(3,4)39)32-17-25(23)34-27)37-13-11-36(12-14-37)18-19-9-10-20(30)15-22(19)31;1-2/h5,7-10,15-17,26,38-39H,6,11-14,18H2,1-4H3,(H,33,34);1-2H3/b7-5-,21-8+;. The zero-order valence-corrected chi connectivity index (χ0v) is 24.8. The van der Waals surface area contributed by atoms with Crippen molar-refractivity contribution >= 4 is 22.7 Å². The van der Waals surface area contributed by atoms with Gasteiger partial charge >= 0.3 is 0 Å². The Kier molecular flexibility index (Phi) is 11.3. The smallest absolute Gasteiger partial charge is 0.174 e. The Morgan fingerprint density at radius 2 is 1.80 bits per heavy atom. The van der Waals surface area contributed by atoms with E-state index in [9.17, 15) is 19.0 Å². The Bertz CT molecular complexity index is 1360. The molecule has 0 amide bonds. The number of piperazine rings is 1.